The zero-order valence-electron chi connectivity index (χ0n) is 20.0. The Morgan fingerprint density at radius 1 is 0.714 bits per heavy atom. The summed E-state index contributed by atoms with van der Waals surface area (Å²) in [6, 6.07) is 19.6. The van der Waals surface area contributed by atoms with Gasteiger partial charge in [-0.05, 0) is 69.3 Å². The SMILES string of the molecule is COc1cc(C2OC2C)c(Oc2ccc(-c3nnc(-c4ccc(C)cc4)o3)cc2)cc1C1OC1C. The first kappa shape index (κ1) is 21.8. The summed E-state index contributed by atoms with van der Waals surface area (Å²) >= 11 is 0. The minimum absolute atomic E-state index is 0.0108. The number of aromatic nitrogens is 2. The fourth-order valence-electron chi connectivity index (χ4n) is 4.27. The molecule has 178 valence electrons. The Labute approximate surface area is 203 Å². The van der Waals surface area contributed by atoms with Gasteiger partial charge in [-0.25, -0.2) is 0 Å². The molecule has 7 nitrogen and oxygen atoms in total. The third-order valence-corrected chi connectivity index (χ3v) is 6.45. The molecule has 7 heteroatoms. The van der Waals surface area contributed by atoms with Crippen LogP contribution in [-0.2, 0) is 9.47 Å². The number of aryl methyl sites for hydroxylation is 1. The number of hydrogen-bond donors (Lipinski definition) is 0. The number of hydrogen-bond acceptors (Lipinski definition) is 7. The highest BCUT2D eigenvalue weighted by molar-refractivity contribution is 5.59. The molecule has 0 spiro atoms. The molecule has 4 aromatic rings. The molecule has 3 aromatic carbocycles. The lowest BCUT2D eigenvalue weighted by atomic mass is 10.0. The number of ether oxygens (including phenoxy) is 4. The quantitative estimate of drug-likeness (QED) is 0.288. The lowest BCUT2D eigenvalue weighted by molar-refractivity contribution is 0.361. The fourth-order valence-corrected chi connectivity index (χ4v) is 4.27. The van der Waals surface area contributed by atoms with E-state index in [4.69, 9.17) is 23.4 Å². The number of benzene rings is 3. The second-order valence-electron chi connectivity index (χ2n) is 9.06. The smallest absolute Gasteiger partial charge is 0.248 e. The van der Waals surface area contributed by atoms with E-state index in [1.165, 1.54) is 5.56 Å². The van der Waals surface area contributed by atoms with Crippen molar-refractivity contribution in [1.82, 2.24) is 10.2 Å². The highest BCUT2D eigenvalue weighted by atomic mass is 16.6. The molecule has 0 saturated carbocycles. The number of rotatable bonds is 7. The first-order valence-corrected chi connectivity index (χ1v) is 11.7. The Morgan fingerprint density at radius 3 is 1.71 bits per heavy atom. The van der Waals surface area contributed by atoms with Crippen molar-refractivity contribution in [3.63, 3.8) is 0 Å². The zero-order valence-corrected chi connectivity index (χ0v) is 20.0. The summed E-state index contributed by atoms with van der Waals surface area (Å²) in [5, 5.41) is 8.41. The maximum atomic E-state index is 6.33. The van der Waals surface area contributed by atoms with Gasteiger partial charge in [0.15, 0.2) is 0 Å². The van der Waals surface area contributed by atoms with Crippen molar-refractivity contribution >= 4 is 0 Å². The fraction of sp³-hybridized carbons (Fsp3) is 0.286. The van der Waals surface area contributed by atoms with Crippen LogP contribution in [0.5, 0.6) is 17.2 Å². The number of methoxy groups -OCH3 is 1. The summed E-state index contributed by atoms with van der Waals surface area (Å²) < 4.78 is 29.3. The monoisotopic (exact) mass is 470 g/mol. The molecular formula is C28H26N2O5. The van der Waals surface area contributed by atoms with Crippen LogP contribution >= 0.6 is 0 Å². The first-order chi connectivity index (χ1) is 17.0. The van der Waals surface area contributed by atoms with Gasteiger partial charge in [0.05, 0.1) is 19.3 Å². The van der Waals surface area contributed by atoms with E-state index < -0.39 is 0 Å². The van der Waals surface area contributed by atoms with Gasteiger partial charge >= 0.3 is 0 Å². The van der Waals surface area contributed by atoms with E-state index in [1.54, 1.807) is 7.11 Å². The largest absolute Gasteiger partial charge is 0.496 e. The highest BCUT2D eigenvalue weighted by Crippen LogP contribution is 2.50. The first-order valence-electron chi connectivity index (χ1n) is 11.7. The van der Waals surface area contributed by atoms with Gasteiger partial charge < -0.3 is 23.4 Å². The van der Waals surface area contributed by atoms with E-state index in [0.717, 1.165) is 33.8 Å². The predicted molar refractivity (Wildman–Crippen MR) is 130 cm³/mol. The maximum absolute atomic E-state index is 6.33. The van der Waals surface area contributed by atoms with Gasteiger partial charge in [-0.3, -0.25) is 0 Å². The van der Waals surface area contributed by atoms with Crippen LogP contribution in [-0.4, -0.2) is 29.5 Å². The average molecular weight is 471 g/mol. The molecule has 0 bridgehead atoms. The van der Waals surface area contributed by atoms with Gasteiger partial charge in [0.2, 0.25) is 11.8 Å². The maximum Gasteiger partial charge on any atom is 0.248 e. The molecule has 0 aliphatic carbocycles. The van der Waals surface area contributed by atoms with E-state index in [2.05, 4.69) is 10.2 Å². The lowest BCUT2D eigenvalue weighted by Crippen LogP contribution is -1.99. The molecule has 0 radical (unpaired) electrons. The molecule has 4 unspecified atom stereocenters. The normalized spacial score (nSPS) is 22.6. The van der Waals surface area contributed by atoms with Crippen molar-refractivity contribution < 1.29 is 23.4 Å². The topological polar surface area (TPSA) is 82.4 Å². The summed E-state index contributed by atoms with van der Waals surface area (Å²) in [6.45, 7) is 6.14. The zero-order chi connectivity index (χ0) is 24.1. The van der Waals surface area contributed by atoms with Gasteiger partial charge in [0.1, 0.15) is 29.5 Å². The van der Waals surface area contributed by atoms with Crippen molar-refractivity contribution in [3.8, 4) is 40.2 Å². The van der Waals surface area contributed by atoms with E-state index in [9.17, 15) is 0 Å². The predicted octanol–water partition coefficient (Wildman–Crippen LogP) is 6.43. The molecule has 2 aliphatic heterocycles. The molecule has 2 fully saturated rings. The Kier molecular flexibility index (Phi) is 5.31. The van der Waals surface area contributed by atoms with Crippen molar-refractivity contribution in [2.75, 3.05) is 7.11 Å². The standard InChI is InChI=1S/C28H26N2O5/c1-15-5-7-18(8-6-15)27-29-30-28(35-27)19-9-11-20(12-10-19)34-24-14-21(25-16(2)32-25)23(31-4)13-22(24)26-17(3)33-26/h5-14,16-17,25-26H,1-4H3. The third-order valence-electron chi connectivity index (χ3n) is 6.45. The number of nitrogens with zero attached hydrogens (tertiary/aromatic N) is 2. The van der Waals surface area contributed by atoms with Crippen molar-refractivity contribution in [2.24, 2.45) is 0 Å². The second kappa shape index (κ2) is 8.52. The summed E-state index contributed by atoms with van der Waals surface area (Å²) in [5.41, 5.74) is 4.84. The van der Waals surface area contributed by atoms with Gasteiger partial charge in [0, 0.05) is 22.3 Å². The van der Waals surface area contributed by atoms with Crippen LogP contribution < -0.4 is 9.47 Å². The van der Waals surface area contributed by atoms with Gasteiger partial charge in [-0.15, -0.1) is 10.2 Å². The molecule has 2 aliphatic rings. The summed E-state index contributed by atoms with van der Waals surface area (Å²) in [6.07, 6.45) is 0.314. The highest BCUT2D eigenvalue weighted by Gasteiger charge is 2.42. The Bertz CT molecular complexity index is 1360. The molecular weight excluding hydrogens is 444 g/mol. The minimum Gasteiger partial charge on any atom is -0.496 e. The molecule has 4 atom stereocenters. The van der Waals surface area contributed by atoms with Crippen molar-refractivity contribution in [3.05, 3.63) is 77.4 Å². The Hall–Kier alpha value is -3.68. The van der Waals surface area contributed by atoms with E-state index in [-0.39, 0.29) is 24.4 Å². The second-order valence-corrected chi connectivity index (χ2v) is 9.06. The third kappa shape index (κ3) is 4.29. The van der Waals surface area contributed by atoms with E-state index in [0.29, 0.717) is 17.5 Å². The van der Waals surface area contributed by atoms with Crippen LogP contribution in [0.1, 0.15) is 42.7 Å². The summed E-state index contributed by atoms with van der Waals surface area (Å²) in [4.78, 5) is 0. The molecule has 3 heterocycles. The van der Waals surface area contributed by atoms with Crippen LogP contribution in [0.15, 0.2) is 65.1 Å². The van der Waals surface area contributed by atoms with Gasteiger partial charge in [0.25, 0.3) is 0 Å². The van der Waals surface area contributed by atoms with Crippen LogP contribution in [0.2, 0.25) is 0 Å². The number of epoxide rings is 2. The Balaban J connectivity index is 1.26. The summed E-state index contributed by atoms with van der Waals surface area (Å²) in [5.74, 6) is 3.18. The van der Waals surface area contributed by atoms with Gasteiger partial charge in [-0.1, -0.05) is 17.7 Å². The molecule has 1 aromatic heterocycles. The van der Waals surface area contributed by atoms with Gasteiger partial charge in [-0.2, -0.15) is 0 Å². The van der Waals surface area contributed by atoms with E-state index >= 15 is 0 Å². The van der Waals surface area contributed by atoms with Crippen molar-refractivity contribution in [2.45, 2.75) is 45.2 Å². The van der Waals surface area contributed by atoms with Crippen LogP contribution in [0.25, 0.3) is 22.9 Å². The molecule has 0 amide bonds. The molecule has 2 saturated heterocycles. The van der Waals surface area contributed by atoms with Crippen LogP contribution in [0, 0.1) is 6.92 Å². The molecule has 35 heavy (non-hydrogen) atoms. The summed E-state index contributed by atoms with van der Waals surface area (Å²) in [7, 11) is 1.67. The average Bonchev–Trinajstić information content (AvgIpc) is 3.72. The van der Waals surface area contributed by atoms with E-state index in [1.807, 2.05) is 81.4 Å². The van der Waals surface area contributed by atoms with Crippen LogP contribution in [0.4, 0.5) is 0 Å². The Morgan fingerprint density at radius 2 is 1.20 bits per heavy atom. The molecule has 0 N–H and O–H groups in total. The van der Waals surface area contributed by atoms with Crippen LogP contribution in [0.3, 0.4) is 0 Å². The van der Waals surface area contributed by atoms with Crippen molar-refractivity contribution in [1.29, 1.82) is 0 Å². The minimum atomic E-state index is -0.0108. The molecule has 6 rings (SSSR count). The lowest BCUT2D eigenvalue weighted by Gasteiger charge is -2.15.